The molecule has 0 spiro atoms. The Hall–Kier alpha value is -3.25. The first-order chi connectivity index (χ1) is 13.9. The summed E-state index contributed by atoms with van der Waals surface area (Å²) in [7, 11) is 0. The van der Waals surface area contributed by atoms with E-state index in [-0.39, 0.29) is 13.2 Å². The largest absolute Gasteiger partial charge is 0.463 e. The molecule has 1 unspecified atom stereocenters. The van der Waals surface area contributed by atoms with Crippen molar-refractivity contribution in [2.45, 2.75) is 26.9 Å². The van der Waals surface area contributed by atoms with Gasteiger partial charge in [0.1, 0.15) is 6.10 Å². The Bertz CT molecular complexity index is 871. The van der Waals surface area contributed by atoms with Crippen molar-refractivity contribution in [3.05, 3.63) is 76.6 Å². The third-order valence-corrected chi connectivity index (χ3v) is 4.06. The Kier molecular flexibility index (Phi) is 8.30. The van der Waals surface area contributed by atoms with Crippen LogP contribution in [0.2, 0.25) is 0 Å². The van der Waals surface area contributed by atoms with Crippen molar-refractivity contribution in [3.8, 4) is 0 Å². The van der Waals surface area contributed by atoms with Gasteiger partial charge in [0.2, 0.25) is 0 Å². The van der Waals surface area contributed by atoms with Crippen molar-refractivity contribution in [1.82, 2.24) is 4.98 Å². The van der Waals surface area contributed by atoms with Gasteiger partial charge in [0.05, 0.1) is 13.2 Å². The molecule has 0 amide bonds. The molecule has 0 bridgehead atoms. The predicted molar refractivity (Wildman–Crippen MR) is 111 cm³/mol. The van der Waals surface area contributed by atoms with Crippen LogP contribution in [0.15, 0.2) is 48.7 Å². The molecule has 1 N–H and O–H groups in total. The molecule has 6 heteroatoms. The van der Waals surface area contributed by atoms with E-state index in [1.54, 1.807) is 56.5 Å². The number of benzene rings is 1. The molecule has 0 aliphatic rings. The molecule has 0 saturated carbocycles. The zero-order valence-electron chi connectivity index (χ0n) is 16.8. The quantitative estimate of drug-likeness (QED) is 0.543. The number of aromatic nitrogens is 1. The third kappa shape index (κ3) is 6.69. The molecule has 1 atom stereocenters. The van der Waals surface area contributed by atoms with Gasteiger partial charge in [-0.05, 0) is 73.9 Å². The van der Waals surface area contributed by atoms with E-state index in [9.17, 15) is 14.7 Å². The van der Waals surface area contributed by atoms with Gasteiger partial charge in [-0.3, -0.25) is 4.98 Å². The number of carbonyl (C=O) groups is 2. The van der Waals surface area contributed by atoms with Gasteiger partial charge >= 0.3 is 11.9 Å². The number of aliphatic hydroxyl groups is 1. The van der Waals surface area contributed by atoms with Crippen LogP contribution in [-0.4, -0.2) is 35.2 Å². The van der Waals surface area contributed by atoms with Crippen LogP contribution in [0.3, 0.4) is 0 Å². The van der Waals surface area contributed by atoms with Crippen LogP contribution < -0.4 is 0 Å². The lowest BCUT2D eigenvalue weighted by molar-refractivity contribution is -0.138. The summed E-state index contributed by atoms with van der Waals surface area (Å²) in [4.78, 5) is 27.5. The predicted octanol–water partition coefficient (Wildman–Crippen LogP) is 3.62. The zero-order chi connectivity index (χ0) is 21.2. The number of pyridine rings is 1. The summed E-state index contributed by atoms with van der Waals surface area (Å²) in [6, 6.07) is 8.90. The van der Waals surface area contributed by atoms with Crippen molar-refractivity contribution in [1.29, 1.82) is 0 Å². The van der Waals surface area contributed by atoms with Gasteiger partial charge in [-0.1, -0.05) is 6.07 Å². The minimum Gasteiger partial charge on any atom is -0.463 e. The summed E-state index contributed by atoms with van der Waals surface area (Å²) in [6.07, 6.45) is 6.61. The van der Waals surface area contributed by atoms with Gasteiger partial charge in [0.15, 0.2) is 0 Å². The summed E-state index contributed by atoms with van der Waals surface area (Å²) in [5.41, 5.74) is 3.37. The van der Waals surface area contributed by atoms with Crippen LogP contribution in [0.1, 0.15) is 47.9 Å². The fraction of sp³-hybridized carbons (Fsp3) is 0.261. The van der Waals surface area contributed by atoms with E-state index in [2.05, 4.69) is 4.98 Å². The third-order valence-electron chi connectivity index (χ3n) is 4.06. The van der Waals surface area contributed by atoms with Gasteiger partial charge < -0.3 is 14.6 Å². The lowest BCUT2D eigenvalue weighted by Crippen LogP contribution is -2.04. The Balaban J connectivity index is 2.42. The van der Waals surface area contributed by atoms with E-state index >= 15 is 0 Å². The number of hydrogen-bond acceptors (Lipinski definition) is 6. The van der Waals surface area contributed by atoms with E-state index in [1.165, 1.54) is 12.2 Å². The molecule has 6 nitrogen and oxygen atoms in total. The van der Waals surface area contributed by atoms with E-state index in [0.29, 0.717) is 22.3 Å². The van der Waals surface area contributed by atoms with Crippen LogP contribution in [0.4, 0.5) is 0 Å². The first-order valence-corrected chi connectivity index (χ1v) is 9.38. The van der Waals surface area contributed by atoms with Crippen LogP contribution >= 0.6 is 0 Å². The molecule has 2 aromatic rings. The average Bonchev–Trinajstić information content (AvgIpc) is 2.71. The maximum atomic E-state index is 11.6. The number of aliphatic hydroxyl groups excluding tert-OH is 1. The van der Waals surface area contributed by atoms with E-state index in [0.717, 1.165) is 5.69 Å². The van der Waals surface area contributed by atoms with Gasteiger partial charge in [-0.15, -0.1) is 0 Å². The SMILES string of the molecule is CCOC(=O)C=Cc1cc(C=CC(=O)OCC)cc(C(O)c2cccnc2C)c1. The second-order valence-corrected chi connectivity index (χ2v) is 6.18. The highest BCUT2D eigenvalue weighted by Crippen LogP contribution is 2.26. The molecule has 0 fully saturated rings. The number of esters is 2. The number of nitrogens with zero attached hydrogens (tertiary/aromatic N) is 1. The standard InChI is InChI=1S/C23H25NO5/c1-4-28-21(25)10-8-17-13-18(9-11-22(26)29-5-2)15-19(14-17)23(27)20-7-6-12-24-16(20)3/h6-15,23,27H,4-5H2,1-3H3. The highest BCUT2D eigenvalue weighted by atomic mass is 16.5. The Morgan fingerprint density at radius 2 is 1.59 bits per heavy atom. The molecular formula is C23H25NO5. The molecular weight excluding hydrogens is 370 g/mol. The summed E-state index contributed by atoms with van der Waals surface area (Å²) < 4.78 is 9.81. The summed E-state index contributed by atoms with van der Waals surface area (Å²) in [6.45, 7) is 5.87. The molecule has 152 valence electrons. The molecule has 0 aliphatic carbocycles. The van der Waals surface area contributed by atoms with Crippen molar-refractivity contribution in [3.63, 3.8) is 0 Å². The Morgan fingerprint density at radius 3 is 2.07 bits per heavy atom. The van der Waals surface area contributed by atoms with Gasteiger partial charge in [-0.2, -0.15) is 0 Å². The number of ether oxygens (including phenoxy) is 2. The summed E-state index contributed by atoms with van der Waals surface area (Å²) in [5.74, 6) is -0.907. The van der Waals surface area contributed by atoms with Crippen molar-refractivity contribution >= 4 is 24.1 Å². The van der Waals surface area contributed by atoms with Crippen LogP contribution in [0, 0.1) is 6.92 Å². The highest BCUT2D eigenvalue weighted by Gasteiger charge is 2.14. The second-order valence-electron chi connectivity index (χ2n) is 6.18. The fourth-order valence-electron chi connectivity index (χ4n) is 2.73. The first kappa shape index (κ1) is 22.0. The average molecular weight is 395 g/mol. The minimum absolute atomic E-state index is 0.287. The van der Waals surface area contributed by atoms with E-state index in [1.807, 2.05) is 13.0 Å². The normalized spacial score (nSPS) is 12.3. The van der Waals surface area contributed by atoms with Crippen LogP contribution in [0.25, 0.3) is 12.2 Å². The Morgan fingerprint density at radius 1 is 1.03 bits per heavy atom. The lowest BCUT2D eigenvalue weighted by Gasteiger charge is -2.15. The van der Waals surface area contributed by atoms with Crippen molar-refractivity contribution < 1.29 is 24.2 Å². The second kappa shape index (κ2) is 10.9. The number of aryl methyl sites for hydroxylation is 1. The number of hydrogen-bond donors (Lipinski definition) is 1. The van der Waals surface area contributed by atoms with Crippen LogP contribution in [-0.2, 0) is 19.1 Å². The smallest absolute Gasteiger partial charge is 0.330 e. The Labute approximate surface area is 170 Å². The highest BCUT2D eigenvalue weighted by molar-refractivity contribution is 5.88. The fourth-order valence-corrected chi connectivity index (χ4v) is 2.73. The number of rotatable bonds is 8. The van der Waals surface area contributed by atoms with Crippen LogP contribution in [0.5, 0.6) is 0 Å². The molecule has 1 aromatic carbocycles. The molecule has 0 radical (unpaired) electrons. The topological polar surface area (TPSA) is 85.7 Å². The molecule has 0 aliphatic heterocycles. The molecule has 29 heavy (non-hydrogen) atoms. The minimum atomic E-state index is -0.908. The van der Waals surface area contributed by atoms with Gasteiger partial charge in [0.25, 0.3) is 0 Å². The number of carbonyl (C=O) groups excluding carboxylic acids is 2. The molecule has 1 heterocycles. The zero-order valence-corrected chi connectivity index (χ0v) is 16.8. The first-order valence-electron chi connectivity index (χ1n) is 9.38. The molecule has 0 saturated heterocycles. The maximum absolute atomic E-state index is 11.6. The summed E-state index contributed by atoms with van der Waals surface area (Å²) >= 11 is 0. The molecule has 2 rings (SSSR count). The van der Waals surface area contributed by atoms with Gasteiger partial charge in [-0.25, -0.2) is 9.59 Å². The van der Waals surface area contributed by atoms with Gasteiger partial charge in [0, 0.05) is 29.6 Å². The maximum Gasteiger partial charge on any atom is 0.330 e. The summed E-state index contributed by atoms with van der Waals surface area (Å²) in [5, 5.41) is 10.9. The van der Waals surface area contributed by atoms with Crippen molar-refractivity contribution in [2.75, 3.05) is 13.2 Å². The lowest BCUT2D eigenvalue weighted by atomic mass is 9.96. The van der Waals surface area contributed by atoms with E-state index in [4.69, 9.17) is 9.47 Å². The van der Waals surface area contributed by atoms with Crippen molar-refractivity contribution in [2.24, 2.45) is 0 Å². The van der Waals surface area contributed by atoms with E-state index < -0.39 is 18.0 Å². The monoisotopic (exact) mass is 395 g/mol. The molecule has 1 aromatic heterocycles.